The molecule has 0 spiro atoms. The summed E-state index contributed by atoms with van der Waals surface area (Å²) in [5.41, 5.74) is 3.10. The molecule has 0 bridgehead atoms. The molecular formula is C23H24N4O3. The van der Waals surface area contributed by atoms with Gasteiger partial charge in [-0.3, -0.25) is 4.79 Å². The molecular weight excluding hydrogens is 380 g/mol. The highest BCUT2D eigenvalue weighted by molar-refractivity contribution is 6.01. The molecule has 7 heteroatoms. The number of rotatable bonds is 6. The molecule has 154 valence electrons. The summed E-state index contributed by atoms with van der Waals surface area (Å²) in [5.74, 6) is 1.84. The minimum absolute atomic E-state index is 0.227. The van der Waals surface area contributed by atoms with Crippen molar-refractivity contribution < 1.29 is 14.3 Å². The fourth-order valence-corrected chi connectivity index (χ4v) is 3.14. The minimum Gasteiger partial charge on any atom is -0.486 e. The lowest BCUT2D eigenvalue weighted by molar-refractivity contribution is -0.111. The number of carbonyl (C=O) groups is 1. The number of nitrogens with one attached hydrogen (secondary N) is 1. The summed E-state index contributed by atoms with van der Waals surface area (Å²) < 4.78 is 12.9. The highest BCUT2D eigenvalue weighted by Gasteiger charge is 2.11. The molecule has 30 heavy (non-hydrogen) atoms. The Labute approximate surface area is 175 Å². The van der Waals surface area contributed by atoms with Crippen molar-refractivity contribution in [1.82, 2.24) is 9.78 Å². The van der Waals surface area contributed by atoms with Crippen molar-refractivity contribution in [2.45, 2.75) is 6.54 Å². The van der Waals surface area contributed by atoms with Crippen LogP contribution in [0.25, 0.3) is 6.08 Å². The van der Waals surface area contributed by atoms with Crippen molar-refractivity contribution >= 4 is 23.5 Å². The van der Waals surface area contributed by atoms with Crippen molar-refractivity contribution in [3.63, 3.8) is 0 Å². The zero-order valence-electron chi connectivity index (χ0n) is 17.0. The molecule has 4 rings (SSSR count). The maximum atomic E-state index is 12.4. The predicted octanol–water partition coefficient (Wildman–Crippen LogP) is 3.42. The van der Waals surface area contributed by atoms with Gasteiger partial charge in [-0.15, -0.1) is 0 Å². The largest absolute Gasteiger partial charge is 0.486 e. The van der Waals surface area contributed by atoms with Gasteiger partial charge in [0.1, 0.15) is 19.0 Å². The quantitative estimate of drug-likeness (QED) is 0.638. The van der Waals surface area contributed by atoms with Crippen LogP contribution < -0.4 is 19.7 Å². The smallest absolute Gasteiger partial charge is 0.249 e. The molecule has 2 heterocycles. The van der Waals surface area contributed by atoms with Crippen molar-refractivity contribution in [2.75, 3.05) is 37.5 Å². The number of anilines is 2. The van der Waals surface area contributed by atoms with Gasteiger partial charge in [0.2, 0.25) is 5.91 Å². The first kappa shape index (κ1) is 19.6. The summed E-state index contributed by atoms with van der Waals surface area (Å²) in [7, 11) is 4.02. The average Bonchev–Trinajstić information content (AvgIpc) is 3.19. The molecule has 3 aromatic rings. The number of fused-ring (bicyclic) bond motifs is 1. The number of amides is 1. The standard InChI is InChI=1S/C23H24N4O3/c1-26(2)19-7-3-18(4-8-19)16-27-22(11-12-24-27)25-23(28)10-6-17-5-9-20-21(15-17)30-14-13-29-20/h3-12,15H,13-14,16H2,1-2H3,(H,25,28)/b10-6+. The van der Waals surface area contributed by atoms with E-state index in [9.17, 15) is 4.79 Å². The Kier molecular flexibility index (Phi) is 5.70. The third kappa shape index (κ3) is 4.63. The lowest BCUT2D eigenvalue weighted by Crippen LogP contribution is -2.15. The fourth-order valence-electron chi connectivity index (χ4n) is 3.14. The molecule has 0 fully saturated rings. The summed E-state index contributed by atoms with van der Waals surface area (Å²) in [5, 5.41) is 7.21. The van der Waals surface area contributed by atoms with Gasteiger partial charge < -0.3 is 19.7 Å². The van der Waals surface area contributed by atoms with Crippen LogP contribution in [0, 0.1) is 0 Å². The number of aromatic nitrogens is 2. The molecule has 1 aromatic heterocycles. The maximum Gasteiger partial charge on any atom is 0.249 e. The first-order valence-corrected chi connectivity index (χ1v) is 9.75. The Morgan fingerprint density at radius 1 is 1.10 bits per heavy atom. The van der Waals surface area contributed by atoms with Gasteiger partial charge in [0.25, 0.3) is 0 Å². The van der Waals surface area contributed by atoms with Crippen LogP contribution in [0.5, 0.6) is 11.5 Å². The van der Waals surface area contributed by atoms with Crippen LogP contribution in [-0.2, 0) is 11.3 Å². The monoisotopic (exact) mass is 404 g/mol. The molecule has 0 atom stereocenters. The molecule has 1 aliphatic rings. The van der Waals surface area contributed by atoms with Gasteiger partial charge in [0.05, 0.1) is 12.7 Å². The first-order valence-electron chi connectivity index (χ1n) is 9.75. The zero-order chi connectivity index (χ0) is 20.9. The van der Waals surface area contributed by atoms with Crippen LogP contribution >= 0.6 is 0 Å². The van der Waals surface area contributed by atoms with E-state index in [1.165, 1.54) is 6.08 Å². The lowest BCUT2D eigenvalue weighted by Gasteiger charge is -2.18. The summed E-state index contributed by atoms with van der Waals surface area (Å²) in [6.07, 6.45) is 4.91. The molecule has 0 aliphatic carbocycles. The van der Waals surface area contributed by atoms with Gasteiger partial charge in [-0.1, -0.05) is 18.2 Å². The fraction of sp³-hybridized carbons (Fsp3) is 0.217. The van der Waals surface area contributed by atoms with E-state index in [1.54, 1.807) is 23.0 Å². The molecule has 1 aliphatic heterocycles. The maximum absolute atomic E-state index is 12.4. The third-order valence-electron chi connectivity index (χ3n) is 4.75. The Morgan fingerprint density at radius 3 is 2.63 bits per heavy atom. The normalized spacial score (nSPS) is 12.7. The second-order valence-corrected chi connectivity index (χ2v) is 7.16. The molecule has 1 N–H and O–H groups in total. The third-order valence-corrected chi connectivity index (χ3v) is 4.75. The van der Waals surface area contributed by atoms with Crippen LogP contribution in [0.3, 0.4) is 0 Å². The first-order chi connectivity index (χ1) is 14.6. The van der Waals surface area contributed by atoms with E-state index < -0.39 is 0 Å². The van der Waals surface area contributed by atoms with E-state index >= 15 is 0 Å². The van der Waals surface area contributed by atoms with Crippen LogP contribution in [0.1, 0.15) is 11.1 Å². The number of hydrogen-bond acceptors (Lipinski definition) is 5. The zero-order valence-corrected chi connectivity index (χ0v) is 17.0. The molecule has 0 radical (unpaired) electrons. The minimum atomic E-state index is -0.227. The van der Waals surface area contributed by atoms with E-state index in [4.69, 9.17) is 9.47 Å². The topological polar surface area (TPSA) is 68.6 Å². The second-order valence-electron chi connectivity index (χ2n) is 7.16. The predicted molar refractivity (Wildman–Crippen MR) is 117 cm³/mol. The van der Waals surface area contributed by atoms with Crippen molar-refractivity contribution in [3.05, 3.63) is 71.9 Å². The Morgan fingerprint density at radius 2 is 1.87 bits per heavy atom. The van der Waals surface area contributed by atoms with E-state index in [0.717, 1.165) is 22.6 Å². The van der Waals surface area contributed by atoms with Gasteiger partial charge in [0, 0.05) is 31.9 Å². The van der Waals surface area contributed by atoms with Crippen LogP contribution in [-0.4, -0.2) is 43.0 Å². The van der Waals surface area contributed by atoms with Crippen LogP contribution in [0.4, 0.5) is 11.5 Å². The highest BCUT2D eigenvalue weighted by atomic mass is 16.6. The average molecular weight is 404 g/mol. The van der Waals surface area contributed by atoms with Gasteiger partial charge in [-0.05, 0) is 41.5 Å². The highest BCUT2D eigenvalue weighted by Crippen LogP contribution is 2.31. The summed E-state index contributed by atoms with van der Waals surface area (Å²) in [6.45, 7) is 1.66. The van der Waals surface area contributed by atoms with Gasteiger partial charge in [0.15, 0.2) is 11.5 Å². The second kappa shape index (κ2) is 8.73. The van der Waals surface area contributed by atoms with E-state index in [-0.39, 0.29) is 5.91 Å². The Bertz CT molecular complexity index is 1050. The molecule has 1 amide bonds. The van der Waals surface area contributed by atoms with Crippen LogP contribution in [0.15, 0.2) is 60.8 Å². The number of ether oxygens (including phenoxy) is 2. The van der Waals surface area contributed by atoms with Crippen molar-refractivity contribution in [1.29, 1.82) is 0 Å². The summed E-state index contributed by atoms with van der Waals surface area (Å²) >= 11 is 0. The van der Waals surface area contributed by atoms with Crippen molar-refractivity contribution in [2.24, 2.45) is 0 Å². The summed E-state index contributed by atoms with van der Waals surface area (Å²) in [6, 6.07) is 15.6. The lowest BCUT2D eigenvalue weighted by atomic mass is 10.2. The molecule has 2 aromatic carbocycles. The van der Waals surface area contributed by atoms with Gasteiger partial charge >= 0.3 is 0 Å². The number of nitrogens with zero attached hydrogens (tertiary/aromatic N) is 3. The molecule has 7 nitrogen and oxygen atoms in total. The molecule has 0 unspecified atom stereocenters. The van der Waals surface area contributed by atoms with E-state index in [0.29, 0.717) is 31.3 Å². The van der Waals surface area contributed by atoms with Gasteiger partial charge in [-0.2, -0.15) is 5.10 Å². The molecule has 0 saturated carbocycles. The summed E-state index contributed by atoms with van der Waals surface area (Å²) in [4.78, 5) is 14.4. The van der Waals surface area contributed by atoms with E-state index in [2.05, 4.69) is 39.6 Å². The van der Waals surface area contributed by atoms with Crippen molar-refractivity contribution in [3.8, 4) is 11.5 Å². The Balaban J connectivity index is 1.39. The SMILES string of the molecule is CN(C)c1ccc(Cn2nccc2NC(=O)/C=C/c2ccc3c(c2)OCCO3)cc1. The Hall–Kier alpha value is -3.74. The molecule has 0 saturated heterocycles. The van der Waals surface area contributed by atoms with E-state index in [1.807, 2.05) is 32.3 Å². The number of carbonyl (C=O) groups excluding carboxylic acids is 1. The van der Waals surface area contributed by atoms with Crippen LogP contribution in [0.2, 0.25) is 0 Å². The number of hydrogen-bond donors (Lipinski definition) is 1. The van der Waals surface area contributed by atoms with Gasteiger partial charge in [-0.25, -0.2) is 4.68 Å². The number of benzene rings is 2.